The number of aryl methyl sites for hydroxylation is 1. The minimum absolute atomic E-state index is 0.0182. The van der Waals surface area contributed by atoms with E-state index in [4.69, 9.17) is 5.73 Å². The van der Waals surface area contributed by atoms with Gasteiger partial charge < -0.3 is 20.5 Å². The lowest BCUT2D eigenvalue weighted by Gasteiger charge is -2.35. The van der Waals surface area contributed by atoms with Gasteiger partial charge in [0.05, 0.1) is 12.4 Å². The Morgan fingerprint density at radius 3 is 2.62 bits per heavy atom. The highest BCUT2D eigenvalue weighted by Crippen LogP contribution is 2.21. The highest BCUT2D eigenvalue weighted by Gasteiger charge is 2.27. The smallest absolute Gasteiger partial charge is 0.239 e. The summed E-state index contributed by atoms with van der Waals surface area (Å²) in [5.74, 6) is 0.529. The van der Waals surface area contributed by atoms with Gasteiger partial charge in [0, 0.05) is 44.5 Å². The van der Waals surface area contributed by atoms with Crippen LogP contribution in [0.1, 0.15) is 39.5 Å². The van der Waals surface area contributed by atoms with Crippen LogP contribution in [0.25, 0.3) is 0 Å². The summed E-state index contributed by atoms with van der Waals surface area (Å²) in [6, 6.07) is -0.299. The Balaban J connectivity index is 1.66. The molecule has 1 aliphatic heterocycles. The van der Waals surface area contributed by atoms with Gasteiger partial charge in [-0.2, -0.15) is 0 Å². The highest BCUT2D eigenvalue weighted by atomic mass is 16.2. The van der Waals surface area contributed by atoms with Gasteiger partial charge in [0.2, 0.25) is 11.8 Å². The van der Waals surface area contributed by atoms with E-state index in [1.54, 1.807) is 19.4 Å². The number of rotatable bonds is 7. The highest BCUT2D eigenvalue weighted by molar-refractivity contribution is 5.81. The summed E-state index contributed by atoms with van der Waals surface area (Å²) >= 11 is 0. The van der Waals surface area contributed by atoms with Gasteiger partial charge in [0.15, 0.2) is 0 Å². The first-order valence-electron chi connectivity index (χ1n) is 8.77. The molecule has 0 spiro atoms. The number of imidazole rings is 1. The Labute approximate surface area is 143 Å². The maximum Gasteiger partial charge on any atom is 0.239 e. The minimum atomic E-state index is -0.436. The first-order valence-corrected chi connectivity index (χ1v) is 8.77. The molecule has 0 aromatic carbocycles. The third-order valence-corrected chi connectivity index (χ3v) is 4.72. The van der Waals surface area contributed by atoms with E-state index < -0.39 is 6.04 Å². The number of hydrogen-bond donors (Lipinski definition) is 2. The van der Waals surface area contributed by atoms with E-state index in [0.717, 1.165) is 38.9 Å². The molecule has 7 nitrogen and oxygen atoms in total. The van der Waals surface area contributed by atoms with Crippen LogP contribution in [0.2, 0.25) is 0 Å². The van der Waals surface area contributed by atoms with Crippen molar-refractivity contribution >= 4 is 11.8 Å². The van der Waals surface area contributed by atoms with Crippen LogP contribution in [0.3, 0.4) is 0 Å². The molecule has 2 amide bonds. The van der Waals surface area contributed by atoms with E-state index in [1.165, 1.54) is 0 Å². The first-order chi connectivity index (χ1) is 11.5. The lowest BCUT2D eigenvalue weighted by Crippen LogP contribution is -2.49. The normalized spacial score (nSPS) is 18.2. The number of nitrogens with one attached hydrogen (secondary N) is 1. The molecule has 0 saturated carbocycles. The summed E-state index contributed by atoms with van der Waals surface area (Å²) in [5.41, 5.74) is 5.65. The van der Waals surface area contributed by atoms with Gasteiger partial charge in [-0.05, 0) is 39.0 Å². The summed E-state index contributed by atoms with van der Waals surface area (Å²) < 4.78 is 1.97. The number of nitrogens with zero attached hydrogens (tertiary/aromatic N) is 3. The Morgan fingerprint density at radius 2 is 2.04 bits per heavy atom. The van der Waals surface area contributed by atoms with E-state index in [0.29, 0.717) is 12.3 Å². The molecule has 7 heteroatoms. The fourth-order valence-electron chi connectivity index (χ4n) is 3.19. The SMILES string of the molecule is CC(N)C(=O)N1CCC(C(C)NC(=O)CCCn2ccnc2)CC1. The molecule has 1 aromatic heterocycles. The third kappa shape index (κ3) is 5.33. The van der Waals surface area contributed by atoms with Crippen molar-refractivity contribution in [1.29, 1.82) is 0 Å². The second-order valence-electron chi connectivity index (χ2n) is 6.71. The predicted octanol–water partition coefficient (Wildman–Crippen LogP) is 0.754. The summed E-state index contributed by atoms with van der Waals surface area (Å²) in [5, 5.41) is 3.10. The molecule has 0 radical (unpaired) electrons. The number of nitrogens with two attached hydrogens (primary N) is 1. The zero-order valence-corrected chi connectivity index (χ0v) is 14.6. The molecule has 2 unspecified atom stereocenters. The minimum Gasteiger partial charge on any atom is -0.353 e. The molecule has 1 aromatic rings. The van der Waals surface area contributed by atoms with Crippen LogP contribution in [0.4, 0.5) is 0 Å². The van der Waals surface area contributed by atoms with Crippen LogP contribution in [0, 0.1) is 5.92 Å². The van der Waals surface area contributed by atoms with Crippen LogP contribution in [0.5, 0.6) is 0 Å². The van der Waals surface area contributed by atoms with Gasteiger partial charge in [0.1, 0.15) is 0 Å². The molecule has 24 heavy (non-hydrogen) atoms. The Kier molecular flexibility index (Phi) is 6.78. The standard InChI is InChI=1S/C17H29N5O2/c1-13(18)17(24)22-9-5-15(6-10-22)14(2)20-16(23)4-3-8-21-11-7-19-12-21/h7,11-15H,3-6,8-10,18H2,1-2H3,(H,20,23). The second-order valence-corrected chi connectivity index (χ2v) is 6.71. The molecule has 1 aliphatic rings. The van der Waals surface area contributed by atoms with Crippen molar-refractivity contribution in [2.75, 3.05) is 13.1 Å². The molecule has 2 atom stereocenters. The van der Waals surface area contributed by atoms with Gasteiger partial charge in [-0.25, -0.2) is 4.98 Å². The van der Waals surface area contributed by atoms with E-state index in [-0.39, 0.29) is 17.9 Å². The molecular weight excluding hydrogens is 306 g/mol. The lowest BCUT2D eigenvalue weighted by molar-refractivity contribution is -0.134. The van der Waals surface area contributed by atoms with E-state index in [1.807, 2.05) is 15.7 Å². The fraction of sp³-hybridized carbons (Fsp3) is 0.706. The van der Waals surface area contributed by atoms with Crippen LogP contribution in [-0.4, -0.2) is 51.4 Å². The Hall–Kier alpha value is -1.89. The molecule has 2 heterocycles. The number of aromatic nitrogens is 2. The summed E-state index contributed by atoms with van der Waals surface area (Å²) in [4.78, 5) is 29.8. The number of likely N-dealkylation sites (tertiary alicyclic amines) is 1. The topological polar surface area (TPSA) is 93.3 Å². The van der Waals surface area contributed by atoms with Gasteiger partial charge in [-0.3, -0.25) is 9.59 Å². The fourth-order valence-corrected chi connectivity index (χ4v) is 3.19. The molecule has 0 bridgehead atoms. The van der Waals surface area contributed by atoms with Crippen LogP contribution in [0.15, 0.2) is 18.7 Å². The van der Waals surface area contributed by atoms with Gasteiger partial charge in [0.25, 0.3) is 0 Å². The molecule has 134 valence electrons. The average Bonchev–Trinajstić information content (AvgIpc) is 3.07. The Bertz CT molecular complexity index is 521. The lowest BCUT2D eigenvalue weighted by atomic mass is 9.90. The van der Waals surface area contributed by atoms with Gasteiger partial charge in [-0.15, -0.1) is 0 Å². The zero-order valence-electron chi connectivity index (χ0n) is 14.6. The second kappa shape index (κ2) is 8.82. The van der Waals surface area contributed by atoms with E-state index in [9.17, 15) is 9.59 Å². The van der Waals surface area contributed by atoms with Crippen molar-refractivity contribution < 1.29 is 9.59 Å². The van der Waals surface area contributed by atoms with Crippen LogP contribution < -0.4 is 11.1 Å². The van der Waals surface area contributed by atoms with Crippen molar-refractivity contribution in [1.82, 2.24) is 19.8 Å². The molecule has 3 N–H and O–H groups in total. The van der Waals surface area contributed by atoms with E-state index >= 15 is 0 Å². The van der Waals surface area contributed by atoms with Crippen molar-refractivity contribution in [2.45, 2.75) is 58.2 Å². The Morgan fingerprint density at radius 1 is 1.33 bits per heavy atom. The number of amides is 2. The maximum absolute atomic E-state index is 12.1. The summed E-state index contributed by atoms with van der Waals surface area (Å²) in [6.07, 6.45) is 8.55. The summed E-state index contributed by atoms with van der Waals surface area (Å²) in [6.45, 7) is 6.04. The predicted molar refractivity (Wildman–Crippen MR) is 92.0 cm³/mol. The molecule has 1 saturated heterocycles. The first kappa shape index (κ1) is 18.4. The summed E-state index contributed by atoms with van der Waals surface area (Å²) in [7, 11) is 0. The monoisotopic (exact) mass is 335 g/mol. The van der Waals surface area contributed by atoms with Gasteiger partial charge >= 0.3 is 0 Å². The van der Waals surface area contributed by atoms with Crippen molar-refractivity contribution in [3.8, 4) is 0 Å². The molecule has 0 aliphatic carbocycles. The maximum atomic E-state index is 12.1. The van der Waals surface area contributed by atoms with Crippen LogP contribution >= 0.6 is 0 Å². The average molecular weight is 335 g/mol. The third-order valence-electron chi connectivity index (χ3n) is 4.72. The number of piperidine rings is 1. The number of carbonyl (C=O) groups is 2. The van der Waals surface area contributed by atoms with Crippen molar-refractivity contribution in [2.24, 2.45) is 11.7 Å². The molecule has 1 fully saturated rings. The largest absolute Gasteiger partial charge is 0.353 e. The van der Waals surface area contributed by atoms with E-state index in [2.05, 4.69) is 17.2 Å². The molecular formula is C17H29N5O2. The van der Waals surface area contributed by atoms with Gasteiger partial charge in [-0.1, -0.05) is 0 Å². The van der Waals surface area contributed by atoms with Crippen molar-refractivity contribution in [3.05, 3.63) is 18.7 Å². The quantitative estimate of drug-likeness (QED) is 0.769. The number of hydrogen-bond acceptors (Lipinski definition) is 4. The van der Waals surface area contributed by atoms with Crippen LogP contribution in [-0.2, 0) is 16.1 Å². The molecule has 2 rings (SSSR count). The van der Waals surface area contributed by atoms with Crippen molar-refractivity contribution in [3.63, 3.8) is 0 Å². The number of carbonyl (C=O) groups excluding carboxylic acids is 2. The zero-order chi connectivity index (χ0) is 17.5.